The van der Waals surface area contributed by atoms with Gasteiger partial charge in [0.2, 0.25) is 0 Å². The summed E-state index contributed by atoms with van der Waals surface area (Å²) in [6.07, 6.45) is 1.99. The molecule has 2 aliphatic rings. The van der Waals surface area contributed by atoms with E-state index in [2.05, 4.69) is 16.0 Å². The summed E-state index contributed by atoms with van der Waals surface area (Å²) >= 11 is 0. The Morgan fingerprint density at radius 2 is 2.45 bits per heavy atom. The van der Waals surface area contributed by atoms with Gasteiger partial charge in [0.15, 0.2) is 0 Å². The Morgan fingerprint density at radius 1 is 1.55 bits per heavy atom. The number of aliphatic hydroxyl groups is 1. The van der Waals surface area contributed by atoms with Gasteiger partial charge in [0, 0.05) is 31.0 Å². The number of hydrogen-bond donors (Lipinski definition) is 4. The number of piperazine rings is 1. The zero-order chi connectivity index (χ0) is 7.68. The van der Waals surface area contributed by atoms with Gasteiger partial charge in [-0.05, 0) is 0 Å². The van der Waals surface area contributed by atoms with Crippen molar-refractivity contribution in [2.24, 2.45) is 0 Å². The van der Waals surface area contributed by atoms with Crippen molar-refractivity contribution < 1.29 is 5.11 Å². The third-order valence-electron chi connectivity index (χ3n) is 2.16. The Balaban J connectivity index is 1.98. The van der Waals surface area contributed by atoms with Crippen LogP contribution in [0.4, 0.5) is 0 Å². The summed E-state index contributed by atoms with van der Waals surface area (Å²) in [4.78, 5) is 0. The van der Waals surface area contributed by atoms with Gasteiger partial charge in [-0.25, -0.2) is 0 Å². The summed E-state index contributed by atoms with van der Waals surface area (Å²) in [5.74, 6) is 0. The molecule has 0 aromatic rings. The smallest absolute Gasteiger partial charge is 0.0662 e. The summed E-state index contributed by atoms with van der Waals surface area (Å²) in [6, 6.07) is 0.581. The highest BCUT2D eigenvalue weighted by Crippen LogP contribution is 2.08. The first-order valence-corrected chi connectivity index (χ1v) is 3.94. The van der Waals surface area contributed by atoms with E-state index in [0.717, 1.165) is 13.1 Å². The van der Waals surface area contributed by atoms with Gasteiger partial charge in [-0.15, -0.1) is 0 Å². The molecule has 2 heterocycles. The Morgan fingerprint density at radius 3 is 3.27 bits per heavy atom. The third kappa shape index (κ3) is 1.19. The van der Waals surface area contributed by atoms with Gasteiger partial charge >= 0.3 is 0 Å². The minimum absolute atomic E-state index is 0.205. The van der Waals surface area contributed by atoms with Crippen LogP contribution < -0.4 is 16.0 Å². The maximum absolute atomic E-state index is 8.87. The Bertz CT molecular complexity index is 181. The molecule has 4 nitrogen and oxygen atoms in total. The second-order valence-corrected chi connectivity index (χ2v) is 2.99. The molecule has 0 amide bonds. The van der Waals surface area contributed by atoms with Gasteiger partial charge in [0.1, 0.15) is 0 Å². The molecule has 0 bridgehead atoms. The standard InChI is InChI=1S/C7H13N3O/c11-4-5-1-9-6-2-8-3-7(6)10-5/h2,5,7-11H,1,3-4H2. The van der Waals surface area contributed by atoms with Gasteiger partial charge in [-0.1, -0.05) is 0 Å². The fraction of sp³-hybridized carbons (Fsp3) is 0.714. The SMILES string of the molecule is OCC1CNC2=CNCC2N1. The number of fused-ring (bicyclic) bond motifs is 1. The zero-order valence-electron chi connectivity index (χ0n) is 6.30. The molecule has 62 valence electrons. The van der Waals surface area contributed by atoms with Crippen LogP contribution in [-0.2, 0) is 0 Å². The molecular weight excluding hydrogens is 142 g/mol. The van der Waals surface area contributed by atoms with Gasteiger partial charge in [0.25, 0.3) is 0 Å². The monoisotopic (exact) mass is 155 g/mol. The maximum atomic E-state index is 8.87. The van der Waals surface area contributed by atoms with Crippen LogP contribution in [0.25, 0.3) is 0 Å². The van der Waals surface area contributed by atoms with Crippen LogP contribution in [-0.4, -0.2) is 36.9 Å². The number of aliphatic hydroxyl groups excluding tert-OH is 1. The second-order valence-electron chi connectivity index (χ2n) is 2.99. The largest absolute Gasteiger partial charge is 0.395 e. The number of rotatable bonds is 1. The van der Waals surface area contributed by atoms with E-state index in [1.54, 1.807) is 0 Å². The minimum Gasteiger partial charge on any atom is -0.395 e. The van der Waals surface area contributed by atoms with Crippen molar-refractivity contribution in [2.75, 3.05) is 19.7 Å². The maximum Gasteiger partial charge on any atom is 0.0662 e. The molecule has 0 saturated carbocycles. The molecule has 0 aliphatic carbocycles. The highest BCUT2D eigenvalue weighted by molar-refractivity contribution is 5.17. The van der Waals surface area contributed by atoms with E-state index in [0.29, 0.717) is 6.04 Å². The summed E-state index contributed by atoms with van der Waals surface area (Å²) in [7, 11) is 0. The number of nitrogens with one attached hydrogen (secondary N) is 3. The fourth-order valence-electron chi connectivity index (χ4n) is 1.52. The molecule has 0 radical (unpaired) electrons. The summed E-state index contributed by atoms with van der Waals surface area (Å²) in [6.45, 7) is 1.95. The normalized spacial score (nSPS) is 35.2. The average molecular weight is 155 g/mol. The molecule has 2 atom stereocenters. The molecule has 1 saturated heterocycles. The van der Waals surface area contributed by atoms with E-state index in [4.69, 9.17) is 5.11 Å². The van der Waals surface area contributed by atoms with Crippen molar-refractivity contribution in [2.45, 2.75) is 12.1 Å². The highest BCUT2D eigenvalue weighted by Gasteiger charge is 2.26. The van der Waals surface area contributed by atoms with Gasteiger partial charge < -0.3 is 21.1 Å². The molecule has 0 spiro atoms. The highest BCUT2D eigenvalue weighted by atomic mass is 16.3. The first-order chi connectivity index (χ1) is 5.40. The second kappa shape index (κ2) is 2.71. The molecule has 2 rings (SSSR count). The van der Waals surface area contributed by atoms with Crippen molar-refractivity contribution in [3.63, 3.8) is 0 Å². The third-order valence-corrected chi connectivity index (χ3v) is 2.16. The van der Waals surface area contributed by atoms with Crippen LogP contribution in [0.15, 0.2) is 11.9 Å². The number of hydrogen-bond acceptors (Lipinski definition) is 4. The Hall–Kier alpha value is -0.740. The Kier molecular flexibility index (Phi) is 1.71. The van der Waals surface area contributed by atoms with E-state index < -0.39 is 0 Å². The minimum atomic E-state index is 0.205. The first kappa shape index (κ1) is 6.94. The molecule has 2 unspecified atom stereocenters. The summed E-state index contributed by atoms with van der Waals surface area (Å²) in [5.41, 5.74) is 1.22. The molecule has 0 aromatic heterocycles. The summed E-state index contributed by atoms with van der Waals surface area (Å²) < 4.78 is 0. The van der Waals surface area contributed by atoms with Gasteiger partial charge in [-0.3, -0.25) is 0 Å². The zero-order valence-corrected chi connectivity index (χ0v) is 6.30. The molecular formula is C7H13N3O. The van der Waals surface area contributed by atoms with Crippen LogP contribution in [0.1, 0.15) is 0 Å². The van der Waals surface area contributed by atoms with Crippen molar-refractivity contribution in [3.8, 4) is 0 Å². The van der Waals surface area contributed by atoms with Gasteiger partial charge in [-0.2, -0.15) is 0 Å². The lowest BCUT2D eigenvalue weighted by atomic mass is 10.1. The van der Waals surface area contributed by atoms with E-state index in [1.807, 2.05) is 6.20 Å². The quantitative estimate of drug-likeness (QED) is 0.366. The predicted molar refractivity (Wildman–Crippen MR) is 41.9 cm³/mol. The van der Waals surface area contributed by atoms with Gasteiger partial charge in [0.05, 0.1) is 12.6 Å². The molecule has 2 aliphatic heterocycles. The fourth-order valence-corrected chi connectivity index (χ4v) is 1.52. The van der Waals surface area contributed by atoms with Crippen LogP contribution in [0.5, 0.6) is 0 Å². The lowest BCUT2D eigenvalue weighted by Crippen LogP contribution is -2.55. The van der Waals surface area contributed by atoms with Crippen molar-refractivity contribution in [3.05, 3.63) is 11.9 Å². The van der Waals surface area contributed by atoms with Crippen LogP contribution in [0.2, 0.25) is 0 Å². The van der Waals surface area contributed by atoms with Crippen molar-refractivity contribution in [1.29, 1.82) is 0 Å². The molecule has 1 fully saturated rings. The van der Waals surface area contributed by atoms with E-state index >= 15 is 0 Å². The van der Waals surface area contributed by atoms with Crippen molar-refractivity contribution >= 4 is 0 Å². The van der Waals surface area contributed by atoms with E-state index in [-0.39, 0.29) is 12.6 Å². The average Bonchev–Trinajstić information content (AvgIpc) is 2.50. The first-order valence-electron chi connectivity index (χ1n) is 3.94. The molecule has 4 N–H and O–H groups in total. The molecule has 11 heavy (non-hydrogen) atoms. The van der Waals surface area contributed by atoms with Crippen LogP contribution in [0.3, 0.4) is 0 Å². The predicted octanol–water partition coefficient (Wildman–Crippen LogP) is -1.65. The Labute approximate surface area is 65.7 Å². The summed E-state index contributed by atoms with van der Waals surface area (Å²) in [5, 5.41) is 18.6. The van der Waals surface area contributed by atoms with E-state index in [1.165, 1.54) is 5.70 Å². The molecule has 0 aromatic carbocycles. The lowest BCUT2D eigenvalue weighted by Gasteiger charge is -2.29. The van der Waals surface area contributed by atoms with Crippen LogP contribution >= 0.6 is 0 Å². The topological polar surface area (TPSA) is 56.3 Å². The molecule has 4 heteroatoms. The van der Waals surface area contributed by atoms with Crippen LogP contribution in [0, 0.1) is 0 Å². The van der Waals surface area contributed by atoms with E-state index in [9.17, 15) is 0 Å². The lowest BCUT2D eigenvalue weighted by molar-refractivity contribution is 0.222. The van der Waals surface area contributed by atoms with Crippen molar-refractivity contribution in [1.82, 2.24) is 16.0 Å².